The molecule has 0 saturated carbocycles. The van der Waals surface area contributed by atoms with Crippen LogP contribution in [0.25, 0.3) is 0 Å². The second-order valence-corrected chi connectivity index (χ2v) is 7.16. The van der Waals surface area contributed by atoms with E-state index in [4.69, 9.17) is 0 Å². The summed E-state index contributed by atoms with van der Waals surface area (Å²) in [6.07, 6.45) is 0. The molecule has 0 atom stereocenters. The van der Waals surface area contributed by atoms with Crippen molar-refractivity contribution in [3.63, 3.8) is 0 Å². The molecule has 0 aliphatic carbocycles. The van der Waals surface area contributed by atoms with Crippen molar-refractivity contribution in [1.82, 2.24) is 15.0 Å². The van der Waals surface area contributed by atoms with Gasteiger partial charge in [0.15, 0.2) is 0 Å². The zero-order valence-corrected chi connectivity index (χ0v) is 13.7. The van der Waals surface area contributed by atoms with Crippen molar-refractivity contribution in [3.8, 4) is 0 Å². The number of aromatic nitrogens is 1. The Morgan fingerprint density at radius 2 is 2.10 bits per heavy atom. The number of sulfonamides is 1. The Kier molecular flexibility index (Phi) is 5.46. The molecule has 0 aliphatic rings. The van der Waals surface area contributed by atoms with Crippen LogP contribution in [-0.4, -0.2) is 19.9 Å². The molecule has 2 rings (SSSR count). The predicted octanol–water partition coefficient (Wildman–Crippen LogP) is 2.04. The molecule has 0 radical (unpaired) electrons. The van der Waals surface area contributed by atoms with E-state index in [-0.39, 0.29) is 11.4 Å². The van der Waals surface area contributed by atoms with Gasteiger partial charge in [-0.1, -0.05) is 13.0 Å². The Morgan fingerprint density at radius 3 is 2.76 bits per heavy atom. The summed E-state index contributed by atoms with van der Waals surface area (Å²) < 4.78 is 27.2. The van der Waals surface area contributed by atoms with Crippen molar-refractivity contribution in [2.45, 2.75) is 31.8 Å². The van der Waals surface area contributed by atoms with Crippen LogP contribution in [0.2, 0.25) is 0 Å². The van der Waals surface area contributed by atoms with Gasteiger partial charge in [-0.25, -0.2) is 18.1 Å². The first-order valence-electron chi connectivity index (χ1n) is 6.70. The molecule has 7 heteroatoms. The van der Waals surface area contributed by atoms with Crippen molar-refractivity contribution in [2.75, 3.05) is 6.54 Å². The number of hydrogen-bond acceptors (Lipinski definition) is 5. The fraction of sp³-hybridized carbons (Fsp3) is 0.357. The van der Waals surface area contributed by atoms with Crippen LogP contribution in [0, 0.1) is 6.92 Å². The molecular weight excluding hydrogens is 306 g/mol. The molecule has 0 saturated heterocycles. The van der Waals surface area contributed by atoms with E-state index in [2.05, 4.69) is 15.0 Å². The first-order chi connectivity index (χ1) is 10.0. The monoisotopic (exact) mass is 325 g/mol. The van der Waals surface area contributed by atoms with Crippen LogP contribution in [0.5, 0.6) is 0 Å². The summed E-state index contributed by atoms with van der Waals surface area (Å²) in [5.41, 5.74) is 4.48. The average Bonchev–Trinajstić information content (AvgIpc) is 2.97. The van der Waals surface area contributed by atoms with Crippen LogP contribution in [0.15, 0.2) is 34.0 Å². The molecule has 0 aliphatic heterocycles. The molecule has 114 valence electrons. The Morgan fingerprint density at radius 1 is 1.29 bits per heavy atom. The van der Waals surface area contributed by atoms with Crippen molar-refractivity contribution in [3.05, 3.63) is 45.9 Å². The van der Waals surface area contributed by atoms with Gasteiger partial charge in [-0.15, -0.1) is 11.3 Å². The molecule has 21 heavy (non-hydrogen) atoms. The highest BCUT2D eigenvalue weighted by Crippen LogP contribution is 2.16. The molecule has 1 aromatic carbocycles. The lowest BCUT2D eigenvalue weighted by Crippen LogP contribution is -2.24. The van der Waals surface area contributed by atoms with Crippen LogP contribution in [0.1, 0.15) is 23.7 Å². The maximum absolute atomic E-state index is 12.3. The second kappa shape index (κ2) is 7.13. The fourth-order valence-electron chi connectivity index (χ4n) is 1.84. The van der Waals surface area contributed by atoms with E-state index in [0.29, 0.717) is 6.54 Å². The van der Waals surface area contributed by atoms with Crippen LogP contribution in [0.3, 0.4) is 0 Å². The van der Waals surface area contributed by atoms with Crippen LogP contribution in [0.4, 0.5) is 0 Å². The summed E-state index contributed by atoms with van der Waals surface area (Å²) in [6.45, 7) is 5.72. The Balaban J connectivity index is 2.15. The number of benzene rings is 1. The highest BCUT2D eigenvalue weighted by molar-refractivity contribution is 7.89. The summed E-state index contributed by atoms with van der Waals surface area (Å²) in [6, 6.07) is 5.19. The van der Waals surface area contributed by atoms with Gasteiger partial charge in [-0.2, -0.15) is 0 Å². The smallest absolute Gasteiger partial charge is 0.240 e. The van der Waals surface area contributed by atoms with Gasteiger partial charge in [-0.3, -0.25) is 0 Å². The standard InChI is InChI=1S/C14H19N3O2S2/c1-3-15-7-12-6-14(5-4-11(12)2)21(18,19)17-8-13-9-20-10-16-13/h4-6,9-10,15,17H,3,7-8H2,1-2H3. The molecule has 0 amide bonds. The zero-order chi connectivity index (χ0) is 15.3. The number of nitrogens with zero attached hydrogens (tertiary/aromatic N) is 1. The average molecular weight is 325 g/mol. The maximum atomic E-state index is 12.3. The van der Waals surface area contributed by atoms with Crippen molar-refractivity contribution < 1.29 is 8.42 Å². The number of nitrogens with one attached hydrogen (secondary N) is 2. The number of hydrogen-bond donors (Lipinski definition) is 2. The van der Waals surface area contributed by atoms with Gasteiger partial charge in [0.25, 0.3) is 0 Å². The molecule has 2 aromatic rings. The first-order valence-corrected chi connectivity index (χ1v) is 9.12. The minimum absolute atomic E-state index is 0.211. The minimum atomic E-state index is -3.51. The molecule has 1 heterocycles. The highest BCUT2D eigenvalue weighted by Gasteiger charge is 2.15. The third-order valence-electron chi connectivity index (χ3n) is 3.12. The zero-order valence-electron chi connectivity index (χ0n) is 12.1. The first kappa shape index (κ1) is 16.1. The van der Waals surface area contributed by atoms with E-state index in [1.165, 1.54) is 11.3 Å². The van der Waals surface area contributed by atoms with E-state index >= 15 is 0 Å². The third-order valence-corrected chi connectivity index (χ3v) is 5.16. The normalized spacial score (nSPS) is 11.7. The van der Waals surface area contributed by atoms with Crippen LogP contribution < -0.4 is 10.0 Å². The molecule has 0 spiro atoms. The lowest BCUT2D eigenvalue weighted by atomic mass is 10.1. The van der Waals surface area contributed by atoms with E-state index < -0.39 is 10.0 Å². The molecule has 0 fully saturated rings. The second-order valence-electron chi connectivity index (χ2n) is 4.67. The van der Waals surface area contributed by atoms with Crippen molar-refractivity contribution in [2.24, 2.45) is 0 Å². The minimum Gasteiger partial charge on any atom is -0.313 e. The molecule has 5 nitrogen and oxygen atoms in total. The summed E-state index contributed by atoms with van der Waals surface area (Å²) >= 11 is 1.45. The molecule has 1 aromatic heterocycles. The molecule has 2 N–H and O–H groups in total. The SMILES string of the molecule is CCNCc1cc(S(=O)(=O)NCc2cscn2)ccc1C. The quantitative estimate of drug-likeness (QED) is 0.817. The molecule has 0 bridgehead atoms. The Hall–Kier alpha value is -1.28. The summed E-state index contributed by atoms with van der Waals surface area (Å²) in [5, 5.41) is 5.04. The van der Waals surface area contributed by atoms with E-state index in [0.717, 1.165) is 23.4 Å². The van der Waals surface area contributed by atoms with Gasteiger partial charge in [0.05, 0.1) is 22.6 Å². The Labute approximate surface area is 129 Å². The van der Waals surface area contributed by atoms with Gasteiger partial charge in [0.2, 0.25) is 10.0 Å². The number of rotatable bonds is 7. The van der Waals surface area contributed by atoms with Gasteiger partial charge in [-0.05, 0) is 36.7 Å². The largest absolute Gasteiger partial charge is 0.313 e. The van der Waals surface area contributed by atoms with Crippen LogP contribution in [-0.2, 0) is 23.1 Å². The maximum Gasteiger partial charge on any atom is 0.240 e. The van der Waals surface area contributed by atoms with Gasteiger partial charge in [0.1, 0.15) is 0 Å². The topological polar surface area (TPSA) is 71.1 Å². The van der Waals surface area contributed by atoms with E-state index in [1.54, 1.807) is 17.6 Å². The van der Waals surface area contributed by atoms with Crippen LogP contribution >= 0.6 is 11.3 Å². The lowest BCUT2D eigenvalue weighted by Gasteiger charge is -2.10. The summed E-state index contributed by atoms with van der Waals surface area (Å²) in [5.74, 6) is 0. The fourth-order valence-corrected chi connectivity index (χ4v) is 3.45. The highest BCUT2D eigenvalue weighted by atomic mass is 32.2. The van der Waals surface area contributed by atoms with Gasteiger partial charge < -0.3 is 5.32 Å². The van der Waals surface area contributed by atoms with E-state index in [1.807, 2.05) is 25.3 Å². The lowest BCUT2D eigenvalue weighted by molar-refractivity contribution is 0.580. The third kappa shape index (κ3) is 4.34. The summed E-state index contributed by atoms with van der Waals surface area (Å²) in [7, 11) is -3.51. The van der Waals surface area contributed by atoms with Crippen molar-refractivity contribution >= 4 is 21.4 Å². The predicted molar refractivity (Wildman–Crippen MR) is 84.7 cm³/mol. The number of thiazole rings is 1. The molecule has 0 unspecified atom stereocenters. The van der Waals surface area contributed by atoms with Crippen molar-refractivity contribution in [1.29, 1.82) is 0 Å². The number of aryl methyl sites for hydroxylation is 1. The molecular formula is C14H19N3O2S2. The van der Waals surface area contributed by atoms with Gasteiger partial charge >= 0.3 is 0 Å². The van der Waals surface area contributed by atoms with E-state index in [9.17, 15) is 8.42 Å². The summed E-state index contributed by atoms with van der Waals surface area (Å²) in [4.78, 5) is 4.35. The Bertz CT molecular complexity index is 682. The van der Waals surface area contributed by atoms with Gasteiger partial charge in [0, 0.05) is 11.9 Å².